The zero-order valence-electron chi connectivity index (χ0n) is 24.3. The third-order valence-electron chi connectivity index (χ3n) is 7.72. The van der Waals surface area contributed by atoms with Gasteiger partial charge in [0.1, 0.15) is 24.7 Å². The van der Waals surface area contributed by atoms with Gasteiger partial charge in [0.15, 0.2) is 11.5 Å². The topological polar surface area (TPSA) is 71.9 Å². The molecule has 234 valence electrons. The number of aromatic nitrogens is 2. The third kappa shape index (κ3) is 7.22. The molecule has 4 aromatic rings. The number of carbonyl (C=O) groups excluding carboxylic acids is 1. The number of anilines is 1. The molecule has 0 unspecified atom stereocenters. The molecule has 1 aromatic heterocycles. The number of ether oxygens (including phenoxy) is 2. The van der Waals surface area contributed by atoms with E-state index in [1.807, 2.05) is 78.2 Å². The third-order valence-corrected chi connectivity index (χ3v) is 8.53. The predicted octanol–water partition coefficient (Wildman–Crippen LogP) is 6.71. The number of imidazole rings is 1. The van der Waals surface area contributed by atoms with Crippen LogP contribution < -0.4 is 19.7 Å². The first-order valence-corrected chi connectivity index (χ1v) is 15.0. The van der Waals surface area contributed by atoms with E-state index in [9.17, 15) is 4.79 Å². The molecule has 0 saturated carbocycles. The van der Waals surface area contributed by atoms with Gasteiger partial charge in [-0.25, -0.2) is 4.98 Å². The minimum Gasteiger partial charge on any atom is -0.486 e. The lowest BCUT2D eigenvalue weighted by Crippen LogP contribution is -2.47. The number of rotatable bonds is 8. The fraction of sp³-hybridized carbons (Fsp3) is 0.312. The van der Waals surface area contributed by atoms with Crippen molar-refractivity contribution in [1.29, 1.82) is 0 Å². The minimum absolute atomic E-state index is 0. The summed E-state index contributed by atoms with van der Waals surface area (Å²) in [6, 6.07) is 21.5. The molecule has 0 bridgehead atoms. The van der Waals surface area contributed by atoms with Gasteiger partial charge in [-0.2, -0.15) is 0 Å². The van der Waals surface area contributed by atoms with Crippen molar-refractivity contribution in [3.63, 3.8) is 0 Å². The Bertz CT molecular complexity index is 1580. The number of benzene rings is 3. The second-order valence-corrected chi connectivity index (χ2v) is 11.2. The van der Waals surface area contributed by atoms with Crippen LogP contribution in [0.1, 0.15) is 22.6 Å². The standard InChI is InChI=1S/C32H33Cl2N5O3.2ClH/c1-22-30(32(40)35-13-6-14-37-15-17-38(18-16-37)26-10-5-9-25(33)29(26)34)36-31(23-7-3-2-4-8-23)39(22)24-11-12-27-28(21-24)42-20-19-41-27;;/h2-5,7-12,21H,6,13-20H2,1H3,(H,35,40);2*1H. The zero-order chi connectivity index (χ0) is 29.1. The Balaban J connectivity index is 0.00000221. The number of halogens is 4. The quantitative estimate of drug-likeness (QED) is 0.209. The van der Waals surface area contributed by atoms with Crippen molar-refractivity contribution in [3.8, 4) is 28.6 Å². The summed E-state index contributed by atoms with van der Waals surface area (Å²) in [5, 5.41) is 4.28. The number of piperazine rings is 1. The average Bonchev–Trinajstić information content (AvgIpc) is 3.38. The number of fused-ring (bicyclic) bond motifs is 1. The van der Waals surface area contributed by atoms with E-state index in [-0.39, 0.29) is 30.7 Å². The number of amides is 1. The molecular formula is C32H35Cl4N5O3. The molecule has 1 amide bonds. The Hall–Kier alpha value is -3.14. The Morgan fingerprint density at radius 3 is 2.39 bits per heavy atom. The van der Waals surface area contributed by atoms with Crippen molar-refractivity contribution in [1.82, 2.24) is 19.8 Å². The molecule has 2 aliphatic heterocycles. The van der Waals surface area contributed by atoms with Crippen LogP contribution in [-0.2, 0) is 0 Å². The lowest BCUT2D eigenvalue weighted by atomic mass is 10.2. The highest BCUT2D eigenvalue weighted by Gasteiger charge is 2.24. The van der Waals surface area contributed by atoms with Crippen LogP contribution in [0.3, 0.4) is 0 Å². The summed E-state index contributed by atoms with van der Waals surface area (Å²) < 4.78 is 13.5. The summed E-state index contributed by atoms with van der Waals surface area (Å²) in [6.45, 7) is 8.04. The highest BCUT2D eigenvalue weighted by molar-refractivity contribution is 6.43. The number of carbonyl (C=O) groups is 1. The van der Waals surface area contributed by atoms with Gasteiger partial charge in [-0.1, -0.05) is 59.6 Å². The lowest BCUT2D eigenvalue weighted by molar-refractivity contribution is 0.0946. The molecule has 0 atom stereocenters. The van der Waals surface area contributed by atoms with E-state index in [1.54, 1.807) is 0 Å². The minimum atomic E-state index is -0.179. The molecule has 3 aromatic carbocycles. The van der Waals surface area contributed by atoms with Crippen LogP contribution in [-0.4, -0.2) is 72.8 Å². The molecular weight excluding hydrogens is 644 g/mol. The number of hydrogen-bond donors (Lipinski definition) is 1. The number of hydrogen-bond acceptors (Lipinski definition) is 6. The summed E-state index contributed by atoms with van der Waals surface area (Å²) in [5.41, 5.74) is 3.94. The van der Waals surface area contributed by atoms with Gasteiger partial charge in [0.25, 0.3) is 5.91 Å². The van der Waals surface area contributed by atoms with Gasteiger partial charge in [0, 0.05) is 44.4 Å². The first kappa shape index (κ1) is 33.7. The van der Waals surface area contributed by atoms with Crippen LogP contribution in [0.25, 0.3) is 17.1 Å². The van der Waals surface area contributed by atoms with E-state index < -0.39 is 0 Å². The molecule has 2 aliphatic rings. The summed E-state index contributed by atoms with van der Waals surface area (Å²) in [4.78, 5) is 22.9. The van der Waals surface area contributed by atoms with Gasteiger partial charge in [-0.05, 0) is 44.2 Å². The van der Waals surface area contributed by atoms with Crippen molar-refractivity contribution >= 4 is 59.6 Å². The summed E-state index contributed by atoms with van der Waals surface area (Å²) in [5.74, 6) is 1.93. The van der Waals surface area contributed by atoms with Gasteiger partial charge in [-0.15, -0.1) is 24.8 Å². The lowest BCUT2D eigenvalue weighted by Gasteiger charge is -2.36. The van der Waals surface area contributed by atoms with E-state index in [1.165, 1.54) is 0 Å². The van der Waals surface area contributed by atoms with Crippen LogP contribution in [0.4, 0.5) is 5.69 Å². The van der Waals surface area contributed by atoms with Crippen molar-refractivity contribution in [2.45, 2.75) is 13.3 Å². The largest absolute Gasteiger partial charge is 0.486 e. The second kappa shape index (κ2) is 15.2. The van der Waals surface area contributed by atoms with E-state index in [2.05, 4.69) is 15.1 Å². The molecule has 1 saturated heterocycles. The van der Waals surface area contributed by atoms with E-state index in [0.29, 0.717) is 47.1 Å². The first-order chi connectivity index (χ1) is 20.5. The maximum Gasteiger partial charge on any atom is 0.271 e. The van der Waals surface area contributed by atoms with Crippen molar-refractivity contribution in [2.24, 2.45) is 0 Å². The summed E-state index contributed by atoms with van der Waals surface area (Å²) in [7, 11) is 0. The molecule has 0 spiro atoms. The van der Waals surface area contributed by atoms with Gasteiger partial charge >= 0.3 is 0 Å². The fourth-order valence-corrected chi connectivity index (χ4v) is 5.94. The Kier molecular flexibility index (Phi) is 11.7. The summed E-state index contributed by atoms with van der Waals surface area (Å²) in [6.07, 6.45) is 0.844. The van der Waals surface area contributed by atoms with E-state index in [4.69, 9.17) is 37.7 Å². The molecule has 6 rings (SSSR count). The Morgan fingerprint density at radius 2 is 1.64 bits per heavy atom. The Morgan fingerprint density at radius 1 is 0.909 bits per heavy atom. The molecule has 3 heterocycles. The van der Waals surface area contributed by atoms with Crippen LogP contribution in [0.15, 0.2) is 66.7 Å². The summed E-state index contributed by atoms with van der Waals surface area (Å²) >= 11 is 12.6. The molecule has 12 heteroatoms. The van der Waals surface area contributed by atoms with Crippen molar-refractivity contribution < 1.29 is 14.3 Å². The second-order valence-electron chi connectivity index (χ2n) is 10.4. The molecule has 1 N–H and O–H groups in total. The average molecular weight is 679 g/mol. The SMILES string of the molecule is Cc1c(C(=O)NCCCN2CCN(c3cccc(Cl)c3Cl)CC2)nc(-c2ccccc2)n1-c1ccc2c(c1)OCCO2.Cl.Cl. The molecule has 8 nitrogen and oxygen atoms in total. The molecule has 1 fully saturated rings. The molecule has 44 heavy (non-hydrogen) atoms. The maximum atomic E-state index is 13.4. The Labute approximate surface area is 280 Å². The van der Waals surface area contributed by atoms with Crippen molar-refractivity contribution in [2.75, 3.05) is 57.4 Å². The van der Waals surface area contributed by atoms with Crippen LogP contribution in [0.2, 0.25) is 10.0 Å². The fourth-order valence-electron chi connectivity index (χ4n) is 5.52. The smallest absolute Gasteiger partial charge is 0.271 e. The zero-order valence-corrected chi connectivity index (χ0v) is 27.4. The number of nitrogens with one attached hydrogen (secondary N) is 1. The molecule has 0 radical (unpaired) electrons. The van der Waals surface area contributed by atoms with Gasteiger partial charge in [0.2, 0.25) is 0 Å². The van der Waals surface area contributed by atoms with E-state index in [0.717, 1.165) is 67.5 Å². The maximum absolute atomic E-state index is 13.4. The predicted molar refractivity (Wildman–Crippen MR) is 181 cm³/mol. The van der Waals surface area contributed by atoms with Gasteiger partial charge < -0.3 is 19.7 Å². The molecule has 0 aliphatic carbocycles. The van der Waals surface area contributed by atoms with Crippen LogP contribution in [0.5, 0.6) is 11.5 Å². The van der Waals surface area contributed by atoms with Gasteiger partial charge in [-0.3, -0.25) is 14.3 Å². The van der Waals surface area contributed by atoms with Crippen LogP contribution in [0, 0.1) is 6.92 Å². The van der Waals surface area contributed by atoms with Crippen molar-refractivity contribution in [3.05, 3.63) is 88.2 Å². The van der Waals surface area contributed by atoms with E-state index >= 15 is 0 Å². The highest BCUT2D eigenvalue weighted by Crippen LogP contribution is 2.35. The number of nitrogens with zero attached hydrogens (tertiary/aromatic N) is 4. The monoisotopic (exact) mass is 677 g/mol. The normalized spacial score (nSPS) is 14.4. The highest BCUT2D eigenvalue weighted by atomic mass is 35.5. The van der Waals surface area contributed by atoms with Crippen LogP contribution >= 0.6 is 48.0 Å². The first-order valence-electron chi connectivity index (χ1n) is 14.2. The van der Waals surface area contributed by atoms with Gasteiger partial charge in [0.05, 0.1) is 27.1 Å².